The number of hydrogen-bond donors (Lipinski definition) is 2. The molecule has 2 rings (SSSR count). The van der Waals surface area contributed by atoms with Crippen LogP contribution in [0.1, 0.15) is 41.5 Å². The Morgan fingerprint density at radius 1 is 1.39 bits per heavy atom. The van der Waals surface area contributed by atoms with Crippen molar-refractivity contribution in [3.05, 3.63) is 29.8 Å². The van der Waals surface area contributed by atoms with E-state index in [1.165, 1.54) is 24.8 Å². The number of thiocarbonyl (C=S) groups is 1. The molecule has 104 valence electrons. The molecule has 0 amide bonds. The molecule has 1 aliphatic rings. The number of benzene rings is 1. The molecular formula is C15H28N2S. The molecule has 1 saturated carbocycles. The van der Waals surface area contributed by atoms with Crippen molar-refractivity contribution >= 4 is 23.0 Å². The Kier molecular flexibility index (Phi) is 6.73. The number of rotatable bonds is 3. The van der Waals surface area contributed by atoms with E-state index in [2.05, 4.69) is 29.7 Å². The van der Waals surface area contributed by atoms with Crippen molar-refractivity contribution in [3.63, 3.8) is 0 Å². The Hall–Kier alpha value is -1.09. The van der Waals surface area contributed by atoms with Crippen molar-refractivity contribution in [3.8, 4) is 0 Å². The largest absolute Gasteiger partial charge is 0.362 e. The molecule has 0 aromatic heterocycles. The molecule has 0 aliphatic heterocycles. The lowest BCUT2D eigenvalue weighted by Crippen LogP contribution is -2.34. The van der Waals surface area contributed by atoms with Crippen LogP contribution < -0.4 is 10.6 Å². The molecule has 0 saturated heterocycles. The highest BCUT2D eigenvalue weighted by Crippen LogP contribution is 2.25. The third-order valence-corrected chi connectivity index (χ3v) is 3.30. The minimum atomic E-state index is 0. The second-order valence-corrected chi connectivity index (χ2v) is 4.91. The summed E-state index contributed by atoms with van der Waals surface area (Å²) in [6, 6.07) is 8.24. The molecule has 2 nitrogen and oxygen atoms in total. The average molecular weight is 268 g/mol. The summed E-state index contributed by atoms with van der Waals surface area (Å²) in [6.07, 6.45) is 4.07. The Morgan fingerprint density at radius 2 is 2.11 bits per heavy atom. The highest BCUT2D eigenvalue weighted by molar-refractivity contribution is 7.80. The average Bonchev–Trinajstić information content (AvgIpc) is 2.29. The SMILES string of the molecule is CC.Cc1cccc(NC(=S)NCC2CCC2)c1.[HH].[HH]. The van der Waals surface area contributed by atoms with Crippen molar-refractivity contribution in [2.75, 3.05) is 11.9 Å². The van der Waals surface area contributed by atoms with Gasteiger partial charge in [-0.3, -0.25) is 0 Å². The van der Waals surface area contributed by atoms with Crippen molar-refractivity contribution in [1.29, 1.82) is 0 Å². The Labute approximate surface area is 119 Å². The van der Waals surface area contributed by atoms with Gasteiger partial charge >= 0.3 is 0 Å². The highest BCUT2D eigenvalue weighted by atomic mass is 32.1. The van der Waals surface area contributed by atoms with Crippen LogP contribution in [0.15, 0.2) is 24.3 Å². The fourth-order valence-corrected chi connectivity index (χ4v) is 2.03. The van der Waals surface area contributed by atoms with Crippen LogP contribution in [0.2, 0.25) is 0 Å². The van der Waals surface area contributed by atoms with E-state index in [0.29, 0.717) is 0 Å². The van der Waals surface area contributed by atoms with E-state index in [0.717, 1.165) is 23.3 Å². The number of anilines is 1. The molecule has 0 spiro atoms. The van der Waals surface area contributed by atoms with Gasteiger partial charge < -0.3 is 10.6 Å². The first-order chi connectivity index (χ1) is 8.74. The van der Waals surface area contributed by atoms with Gasteiger partial charge in [0, 0.05) is 15.1 Å². The molecule has 0 atom stereocenters. The van der Waals surface area contributed by atoms with Crippen LogP contribution in [-0.2, 0) is 0 Å². The van der Waals surface area contributed by atoms with Gasteiger partial charge in [0.25, 0.3) is 0 Å². The molecule has 1 aromatic rings. The predicted molar refractivity (Wildman–Crippen MR) is 88.3 cm³/mol. The van der Waals surface area contributed by atoms with Gasteiger partial charge in [-0.05, 0) is 55.6 Å². The number of nitrogens with one attached hydrogen (secondary N) is 2. The summed E-state index contributed by atoms with van der Waals surface area (Å²) < 4.78 is 0. The van der Waals surface area contributed by atoms with Crippen LogP contribution in [-0.4, -0.2) is 11.7 Å². The molecular weight excluding hydrogens is 240 g/mol. The zero-order valence-corrected chi connectivity index (χ0v) is 12.4. The zero-order valence-electron chi connectivity index (χ0n) is 11.6. The third kappa shape index (κ3) is 5.05. The van der Waals surface area contributed by atoms with Gasteiger partial charge in [-0.15, -0.1) is 0 Å². The summed E-state index contributed by atoms with van der Waals surface area (Å²) in [6.45, 7) is 7.09. The van der Waals surface area contributed by atoms with E-state index in [1.807, 2.05) is 26.0 Å². The molecule has 2 N–H and O–H groups in total. The third-order valence-electron chi connectivity index (χ3n) is 3.05. The van der Waals surface area contributed by atoms with Crippen molar-refractivity contribution < 1.29 is 2.85 Å². The van der Waals surface area contributed by atoms with E-state index in [4.69, 9.17) is 12.2 Å². The van der Waals surface area contributed by atoms with Crippen molar-refractivity contribution in [1.82, 2.24) is 5.32 Å². The maximum atomic E-state index is 5.25. The number of aryl methyl sites for hydroxylation is 1. The zero-order chi connectivity index (χ0) is 13.4. The van der Waals surface area contributed by atoms with Crippen LogP contribution in [0, 0.1) is 12.8 Å². The molecule has 3 heteroatoms. The molecule has 1 fully saturated rings. The summed E-state index contributed by atoms with van der Waals surface area (Å²) >= 11 is 5.25. The second kappa shape index (κ2) is 8.09. The first-order valence-electron chi connectivity index (χ1n) is 6.85. The maximum absolute atomic E-state index is 5.25. The first-order valence-corrected chi connectivity index (χ1v) is 7.26. The summed E-state index contributed by atoms with van der Waals surface area (Å²) in [5, 5.41) is 7.21. The minimum absolute atomic E-state index is 0. The molecule has 1 aliphatic carbocycles. The maximum Gasteiger partial charge on any atom is 0.170 e. The minimum Gasteiger partial charge on any atom is -0.362 e. The van der Waals surface area contributed by atoms with Crippen molar-refractivity contribution in [2.45, 2.75) is 40.0 Å². The topological polar surface area (TPSA) is 24.1 Å². The van der Waals surface area contributed by atoms with Gasteiger partial charge in [0.15, 0.2) is 5.11 Å². The lowest BCUT2D eigenvalue weighted by atomic mass is 9.85. The van der Waals surface area contributed by atoms with E-state index in [1.54, 1.807) is 0 Å². The van der Waals surface area contributed by atoms with Crippen LogP contribution in [0.5, 0.6) is 0 Å². The fourth-order valence-electron chi connectivity index (χ4n) is 1.83. The van der Waals surface area contributed by atoms with E-state index in [9.17, 15) is 0 Å². The van der Waals surface area contributed by atoms with Crippen LogP contribution in [0.3, 0.4) is 0 Å². The summed E-state index contributed by atoms with van der Waals surface area (Å²) in [5.41, 5.74) is 2.30. The molecule has 18 heavy (non-hydrogen) atoms. The normalized spacial score (nSPS) is 13.9. The van der Waals surface area contributed by atoms with E-state index in [-0.39, 0.29) is 2.85 Å². The monoisotopic (exact) mass is 268 g/mol. The van der Waals surface area contributed by atoms with E-state index < -0.39 is 0 Å². The van der Waals surface area contributed by atoms with Crippen LogP contribution in [0.4, 0.5) is 5.69 Å². The summed E-state index contributed by atoms with van der Waals surface area (Å²) in [7, 11) is 0. The molecule has 0 heterocycles. The number of hydrogen-bond acceptors (Lipinski definition) is 1. The Bertz CT molecular complexity index is 382. The summed E-state index contributed by atoms with van der Waals surface area (Å²) in [4.78, 5) is 0. The molecule has 0 radical (unpaired) electrons. The molecule has 1 aromatic carbocycles. The Morgan fingerprint density at radius 3 is 2.67 bits per heavy atom. The van der Waals surface area contributed by atoms with Gasteiger partial charge in [0.05, 0.1) is 0 Å². The van der Waals surface area contributed by atoms with Crippen LogP contribution >= 0.6 is 12.2 Å². The summed E-state index contributed by atoms with van der Waals surface area (Å²) in [5.74, 6) is 0.831. The molecule has 0 unspecified atom stereocenters. The Balaban J connectivity index is 0. The van der Waals surface area contributed by atoms with Gasteiger partial charge in [0.1, 0.15) is 0 Å². The standard InChI is InChI=1S/C13H18N2S.C2H6.2H2/c1-10-4-2-7-12(8-10)15-13(16)14-9-11-5-3-6-11;1-2;;/h2,4,7-8,11H,3,5-6,9H2,1H3,(H2,14,15,16);1-2H3;2*1H. The van der Waals surface area contributed by atoms with Crippen LogP contribution in [0.25, 0.3) is 0 Å². The smallest absolute Gasteiger partial charge is 0.170 e. The van der Waals surface area contributed by atoms with Gasteiger partial charge in [-0.25, -0.2) is 0 Å². The van der Waals surface area contributed by atoms with Gasteiger partial charge in [-0.1, -0.05) is 32.4 Å². The second-order valence-electron chi connectivity index (χ2n) is 4.50. The molecule has 0 bridgehead atoms. The fraction of sp³-hybridized carbons (Fsp3) is 0.533. The van der Waals surface area contributed by atoms with Crippen molar-refractivity contribution in [2.24, 2.45) is 5.92 Å². The highest BCUT2D eigenvalue weighted by Gasteiger charge is 2.16. The van der Waals surface area contributed by atoms with Gasteiger partial charge in [-0.2, -0.15) is 0 Å². The quantitative estimate of drug-likeness (QED) is 0.783. The predicted octanol–water partition coefficient (Wildman–Crippen LogP) is 4.60. The van der Waals surface area contributed by atoms with Gasteiger partial charge in [0.2, 0.25) is 0 Å². The lowest BCUT2D eigenvalue weighted by molar-refractivity contribution is 0.316. The van der Waals surface area contributed by atoms with E-state index >= 15 is 0 Å². The lowest BCUT2D eigenvalue weighted by Gasteiger charge is -2.26. The first kappa shape index (κ1) is 15.0.